The van der Waals surface area contributed by atoms with Crippen molar-refractivity contribution in [3.8, 4) is 10.6 Å². The van der Waals surface area contributed by atoms with Gasteiger partial charge in [0.2, 0.25) is 0 Å². The molecule has 0 aliphatic carbocycles. The van der Waals surface area contributed by atoms with E-state index in [1.54, 1.807) is 0 Å². The number of aryl methyl sites for hydroxylation is 3. The van der Waals surface area contributed by atoms with Crippen LogP contribution in [0.15, 0.2) is 57.1 Å². The van der Waals surface area contributed by atoms with Crippen LogP contribution in [0.2, 0.25) is 0 Å². The van der Waals surface area contributed by atoms with Gasteiger partial charge in [0.15, 0.2) is 0 Å². The minimum absolute atomic E-state index is 0.0122. The second-order valence-electron chi connectivity index (χ2n) is 7.33. The number of benzene rings is 2. The van der Waals surface area contributed by atoms with Gasteiger partial charge in [0.1, 0.15) is 17.2 Å². The number of hydrogen-bond acceptors (Lipinski definition) is 6. The number of fused-ring (bicyclic) bond motifs is 1. The summed E-state index contributed by atoms with van der Waals surface area (Å²) in [6, 6.07) is 13.3. The van der Waals surface area contributed by atoms with E-state index in [1.165, 1.54) is 17.4 Å². The maximum absolute atomic E-state index is 12.4. The molecule has 2 aromatic heterocycles. The van der Waals surface area contributed by atoms with Crippen LogP contribution in [0.5, 0.6) is 0 Å². The summed E-state index contributed by atoms with van der Waals surface area (Å²) in [5.41, 5.74) is 5.53. The zero-order valence-corrected chi connectivity index (χ0v) is 17.8. The van der Waals surface area contributed by atoms with Gasteiger partial charge in [-0.1, -0.05) is 35.9 Å². The molecule has 2 heterocycles. The minimum Gasteiger partial charge on any atom is -0.460 e. The number of carbonyl (C=O) groups is 1. The van der Waals surface area contributed by atoms with Crippen molar-refractivity contribution >= 4 is 28.3 Å². The van der Waals surface area contributed by atoms with Gasteiger partial charge in [-0.15, -0.1) is 11.3 Å². The highest BCUT2D eigenvalue weighted by atomic mass is 32.1. The highest BCUT2D eigenvalue weighted by molar-refractivity contribution is 7.13. The lowest BCUT2D eigenvalue weighted by Gasteiger charge is -2.09. The van der Waals surface area contributed by atoms with Crippen LogP contribution >= 0.6 is 11.3 Å². The van der Waals surface area contributed by atoms with Gasteiger partial charge in [-0.2, -0.15) is 0 Å². The van der Waals surface area contributed by atoms with Gasteiger partial charge in [-0.25, -0.2) is 9.78 Å². The number of thiazole rings is 1. The van der Waals surface area contributed by atoms with Gasteiger partial charge >= 0.3 is 11.6 Å². The Hall–Kier alpha value is -3.25. The van der Waals surface area contributed by atoms with Crippen LogP contribution in [0.1, 0.15) is 27.9 Å². The molecular formula is C24H21NO4S. The van der Waals surface area contributed by atoms with E-state index in [-0.39, 0.29) is 19.0 Å². The molecule has 4 rings (SSSR count). The van der Waals surface area contributed by atoms with Crippen molar-refractivity contribution in [3.05, 3.63) is 86.2 Å². The molecule has 0 saturated carbocycles. The molecule has 0 radical (unpaired) electrons. The van der Waals surface area contributed by atoms with Crippen LogP contribution < -0.4 is 5.63 Å². The number of aromatic nitrogens is 1. The zero-order chi connectivity index (χ0) is 21.3. The highest BCUT2D eigenvalue weighted by Gasteiger charge is 2.14. The highest BCUT2D eigenvalue weighted by Crippen LogP contribution is 2.26. The first kappa shape index (κ1) is 20.0. The standard InChI is InChI=1S/C24H21NO4S/c1-14-5-4-6-17(9-14)24-25-19(13-30-24)11-21(26)28-12-18-10-22(27)29-23-16(3)15(2)7-8-20(18)23/h4-10,13H,11-12H2,1-3H3. The molecule has 6 heteroatoms. The van der Waals surface area contributed by atoms with E-state index in [9.17, 15) is 9.59 Å². The molecule has 0 aliphatic heterocycles. The number of rotatable bonds is 5. The van der Waals surface area contributed by atoms with Crippen LogP contribution in [0.3, 0.4) is 0 Å². The Morgan fingerprint density at radius 3 is 2.77 bits per heavy atom. The van der Waals surface area contributed by atoms with Crippen LogP contribution in [0.4, 0.5) is 0 Å². The molecule has 0 N–H and O–H groups in total. The van der Waals surface area contributed by atoms with Gasteiger partial charge in [0.05, 0.1) is 12.1 Å². The number of ether oxygens (including phenoxy) is 1. The summed E-state index contributed by atoms with van der Waals surface area (Å²) in [5.74, 6) is -0.388. The Bertz CT molecular complexity index is 1300. The van der Waals surface area contributed by atoms with Gasteiger partial charge in [0, 0.05) is 28.0 Å². The molecule has 30 heavy (non-hydrogen) atoms. The third-order valence-electron chi connectivity index (χ3n) is 5.05. The van der Waals surface area contributed by atoms with Gasteiger partial charge in [0.25, 0.3) is 0 Å². The molecule has 0 aliphatic rings. The summed E-state index contributed by atoms with van der Waals surface area (Å²) in [6.45, 7) is 5.91. The molecule has 0 unspecified atom stereocenters. The predicted molar refractivity (Wildman–Crippen MR) is 118 cm³/mol. The van der Waals surface area contributed by atoms with Crippen LogP contribution in [0.25, 0.3) is 21.5 Å². The molecule has 4 aromatic rings. The van der Waals surface area contributed by atoms with Crippen molar-refractivity contribution < 1.29 is 13.9 Å². The molecule has 0 fully saturated rings. The molecule has 152 valence electrons. The Labute approximate surface area is 178 Å². The Morgan fingerprint density at radius 1 is 1.13 bits per heavy atom. The van der Waals surface area contributed by atoms with Gasteiger partial charge < -0.3 is 9.15 Å². The molecule has 0 saturated heterocycles. The summed E-state index contributed by atoms with van der Waals surface area (Å²) in [4.78, 5) is 28.9. The third kappa shape index (κ3) is 4.19. The number of nitrogens with zero attached hydrogens (tertiary/aromatic N) is 1. The average molecular weight is 420 g/mol. The molecule has 0 amide bonds. The van der Waals surface area contributed by atoms with Gasteiger partial charge in [-0.3, -0.25) is 4.79 Å². The quantitative estimate of drug-likeness (QED) is 0.331. The fraction of sp³-hybridized carbons (Fsp3) is 0.208. The van der Waals surface area contributed by atoms with Crippen LogP contribution in [-0.4, -0.2) is 11.0 Å². The molecule has 5 nitrogen and oxygen atoms in total. The monoisotopic (exact) mass is 419 g/mol. The maximum Gasteiger partial charge on any atom is 0.336 e. The summed E-state index contributed by atoms with van der Waals surface area (Å²) in [5, 5.41) is 3.53. The summed E-state index contributed by atoms with van der Waals surface area (Å²) >= 11 is 1.50. The van der Waals surface area contributed by atoms with E-state index in [1.807, 2.05) is 56.5 Å². The summed E-state index contributed by atoms with van der Waals surface area (Å²) < 4.78 is 10.8. The van der Waals surface area contributed by atoms with Crippen molar-refractivity contribution in [1.82, 2.24) is 4.98 Å². The lowest BCUT2D eigenvalue weighted by Crippen LogP contribution is -2.10. The maximum atomic E-state index is 12.4. The SMILES string of the molecule is Cc1cccc(-c2nc(CC(=O)OCc3cc(=O)oc4c(C)c(C)ccc34)cs2)c1. The first-order valence-corrected chi connectivity index (χ1v) is 10.5. The number of esters is 1. The Morgan fingerprint density at radius 2 is 1.97 bits per heavy atom. The Kier molecular flexibility index (Phi) is 5.50. The first-order chi connectivity index (χ1) is 14.4. The fourth-order valence-corrected chi connectivity index (χ4v) is 4.12. The largest absolute Gasteiger partial charge is 0.460 e. The smallest absolute Gasteiger partial charge is 0.336 e. The van der Waals surface area contributed by atoms with Crippen molar-refractivity contribution in [2.75, 3.05) is 0 Å². The van der Waals surface area contributed by atoms with E-state index < -0.39 is 5.63 Å². The normalized spacial score (nSPS) is 11.0. The van der Waals surface area contributed by atoms with E-state index in [4.69, 9.17) is 9.15 Å². The van der Waals surface area contributed by atoms with Crippen molar-refractivity contribution in [3.63, 3.8) is 0 Å². The Balaban J connectivity index is 1.47. The van der Waals surface area contributed by atoms with Crippen molar-refractivity contribution in [2.24, 2.45) is 0 Å². The zero-order valence-electron chi connectivity index (χ0n) is 17.0. The number of hydrogen-bond donors (Lipinski definition) is 0. The topological polar surface area (TPSA) is 69.4 Å². The average Bonchev–Trinajstić information content (AvgIpc) is 3.18. The van der Waals surface area contributed by atoms with E-state index in [0.717, 1.165) is 32.6 Å². The van der Waals surface area contributed by atoms with E-state index >= 15 is 0 Å². The van der Waals surface area contributed by atoms with Crippen molar-refractivity contribution in [1.29, 1.82) is 0 Å². The van der Waals surface area contributed by atoms with E-state index in [0.29, 0.717) is 16.8 Å². The first-order valence-electron chi connectivity index (χ1n) is 9.61. The number of carbonyl (C=O) groups excluding carboxylic acids is 1. The molecular weight excluding hydrogens is 398 g/mol. The predicted octanol–water partition coefficient (Wildman–Crippen LogP) is 5.13. The lowest BCUT2D eigenvalue weighted by atomic mass is 10.0. The lowest BCUT2D eigenvalue weighted by molar-refractivity contribution is -0.144. The summed E-state index contributed by atoms with van der Waals surface area (Å²) in [7, 11) is 0. The molecule has 0 spiro atoms. The van der Waals surface area contributed by atoms with Gasteiger partial charge in [-0.05, 0) is 38.0 Å². The molecule has 2 aromatic carbocycles. The van der Waals surface area contributed by atoms with E-state index in [2.05, 4.69) is 11.1 Å². The second-order valence-corrected chi connectivity index (χ2v) is 8.18. The minimum atomic E-state index is -0.454. The van der Waals surface area contributed by atoms with Crippen LogP contribution in [0, 0.1) is 20.8 Å². The molecule has 0 atom stereocenters. The third-order valence-corrected chi connectivity index (χ3v) is 5.99. The summed E-state index contributed by atoms with van der Waals surface area (Å²) in [6.07, 6.45) is 0.0832. The van der Waals surface area contributed by atoms with Crippen molar-refractivity contribution in [2.45, 2.75) is 33.8 Å². The molecule has 0 bridgehead atoms. The fourth-order valence-electron chi connectivity index (χ4n) is 3.30. The second kappa shape index (κ2) is 8.24. The van der Waals surface area contributed by atoms with Crippen LogP contribution in [-0.2, 0) is 22.6 Å².